The monoisotopic (exact) mass is 175 g/mol. The Bertz CT molecular complexity index is 295. The summed E-state index contributed by atoms with van der Waals surface area (Å²) < 4.78 is 5.47. The lowest BCUT2D eigenvalue weighted by Crippen LogP contribution is -2.41. The SMILES string of the molecule is c1ccc2c(c1)CN(C1CCO1)C2. The Kier molecular flexibility index (Phi) is 1.64. The second-order valence-electron chi connectivity index (χ2n) is 3.79. The molecule has 0 N–H and O–H groups in total. The summed E-state index contributed by atoms with van der Waals surface area (Å²) in [5.74, 6) is 0. The second kappa shape index (κ2) is 2.82. The first-order chi connectivity index (χ1) is 6.43. The van der Waals surface area contributed by atoms with Gasteiger partial charge >= 0.3 is 0 Å². The van der Waals surface area contributed by atoms with Crippen LogP contribution in [0.15, 0.2) is 24.3 Å². The lowest BCUT2D eigenvalue weighted by Gasteiger charge is -2.34. The van der Waals surface area contributed by atoms with Gasteiger partial charge in [-0.2, -0.15) is 0 Å². The highest BCUT2D eigenvalue weighted by atomic mass is 16.5. The minimum atomic E-state index is 0.396. The molecule has 2 aliphatic heterocycles. The zero-order chi connectivity index (χ0) is 8.67. The van der Waals surface area contributed by atoms with E-state index in [1.165, 1.54) is 17.5 Å². The van der Waals surface area contributed by atoms with Gasteiger partial charge in [0.25, 0.3) is 0 Å². The molecule has 2 nitrogen and oxygen atoms in total. The molecule has 0 saturated carbocycles. The molecule has 1 fully saturated rings. The summed E-state index contributed by atoms with van der Waals surface area (Å²) in [5, 5.41) is 0. The number of ether oxygens (including phenoxy) is 1. The summed E-state index contributed by atoms with van der Waals surface area (Å²) >= 11 is 0. The van der Waals surface area contributed by atoms with E-state index in [4.69, 9.17) is 4.74 Å². The third-order valence-corrected chi connectivity index (χ3v) is 2.95. The first-order valence-corrected chi connectivity index (χ1v) is 4.86. The number of fused-ring (bicyclic) bond motifs is 1. The quantitative estimate of drug-likeness (QED) is 0.644. The van der Waals surface area contributed by atoms with Gasteiger partial charge in [-0.05, 0) is 11.1 Å². The molecular formula is C11H13NO. The highest BCUT2D eigenvalue weighted by Crippen LogP contribution is 2.28. The summed E-state index contributed by atoms with van der Waals surface area (Å²) in [6, 6.07) is 8.66. The Hall–Kier alpha value is -0.860. The van der Waals surface area contributed by atoms with Crippen LogP contribution in [0.2, 0.25) is 0 Å². The minimum Gasteiger partial charge on any atom is -0.363 e. The van der Waals surface area contributed by atoms with Crippen LogP contribution < -0.4 is 0 Å². The number of benzene rings is 1. The van der Waals surface area contributed by atoms with E-state index in [2.05, 4.69) is 29.2 Å². The number of nitrogens with zero attached hydrogens (tertiary/aromatic N) is 1. The van der Waals surface area contributed by atoms with Crippen molar-refractivity contribution in [2.75, 3.05) is 6.61 Å². The molecule has 1 aromatic carbocycles. The molecule has 1 atom stereocenters. The summed E-state index contributed by atoms with van der Waals surface area (Å²) in [5.41, 5.74) is 2.94. The summed E-state index contributed by atoms with van der Waals surface area (Å²) in [6.07, 6.45) is 1.60. The maximum absolute atomic E-state index is 5.47. The Balaban J connectivity index is 1.80. The molecule has 2 heteroatoms. The van der Waals surface area contributed by atoms with E-state index < -0.39 is 0 Å². The first kappa shape index (κ1) is 7.54. The van der Waals surface area contributed by atoms with Crippen molar-refractivity contribution in [2.24, 2.45) is 0 Å². The van der Waals surface area contributed by atoms with Crippen LogP contribution in [0, 0.1) is 0 Å². The number of hydrogen-bond donors (Lipinski definition) is 0. The van der Waals surface area contributed by atoms with Gasteiger partial charge in [0.15, 0.2) is 0 Å². The summed E-state index contributed by atoms with van der Waals surface area (Å²) in [6.45, 7) is 3.08. The fourth-order valence-corrected chi connectivity index (χ4v) is 2.07. The topological polar surface area (TPSA) is 12.5 Å². The van der Waals surface area contributed by atoms with Gasteiger partial charge in [-0.1, -0.05) is 24.3 Å². The molecular weight excluding hydrogens is 162 g/mol. The molecule has 0 spiro atoms. The Morgan fingerprint density at radius 3 is 2.23 bits per heavy atom. The van der Waals surface area contributed by atoms with Crippen molar-refractivity contribution in [1.82, 2.24) is 4.90 Å². The summed E-state index contributed by atoms with van der Waals surface area (Å²) in [4.78, 5) is 2.41. The van der Waals surface area contributed by atoms with E-state index in [0.717, 1.165) is 19.7 Å². The van der Waals surface area contributed by atoms with Gasteiger partial charge in [-0.3, -0.25) is 4.90 Å². The van der Waals surface area contributed by atoms with E-state index in [9.17, 15) is 0 Å². The fraction of sp³-hybridized carbons (Fsp3) is 0.455. The molecule has 0 aromatic heterocycles. The van der Waals surface area contributed by atoms with E-state index in [0.29, 0.717) is 6.23 Å². The zero-order valence-corrected chi connectivity index (χ0v) is 7.57. The maximum atomic E-state index is 5.47. The fourth-order valence-electron chi connectivity index (χ4n) is 2.07. The number of rotatable bonds is 1. The first-order valence-electron chi connectivity index (χ1n) is 4.86. The van der Waals surface area contributed by atoms with Crippen LogP contribution in [-0.2, 0) is 17.8 Å². The highest BCUT2D eigenvalue weighted by molar-refractivity contribution is 5.30. The van der Waals surface area contributed by atoms with Crippen molar-refractivity contribution in [1.29, 1.82) is 0 Å². The molecule has 2 aliphatic rings. The van der Waals surface area contributed by atoms with Crippen molar-refractivity contribution in [3.05, 3.63) is 35.4 Å². The van der Waals surface area contributed by atoms with Crippen molar-refractivity contribution < 1.29 is 4.74 Å². The lowest BCUT2D eigenvalue weighted by atomic mass is 10.1. The van der Waals surface area contributed by atoms with E-state index in [-0.39, 0.29) is 0 Å². The molecule has 1 unspecified atom stereocenters. The van der Waals surface area contributed by atoms with Gasteiger partial charge in [0.05, 0.1) is 6.61 Å². The van der Waals surface area contributed by atoms with E-state index in [1.54, 1.807) is 0 Å². The zero-order valence-electron chi connectivity index (χ0n) is 7.57. The predicted molar refractivity (Wildman–Crippen MR) is 50.0 cm³/mol. The molecule has 0 amide bonds. The third kappa shape index (κ3) is 1.18. The van der Waals surface area contributed by atoms with E-state index in [1.807, 2.05) is 0 Å². The molecule has 1 saturated heterocycles. The Labute approximate surface area is 78.1 Å². The largest absolute Gasteiger partial charge is 0.363 e. The van der Waals surface area contributed by atoms with E-state index >= 15 is 0 Å². The van der Waals surface area contributed by atoms with Crippen LogP contribution in [0.1, 0.15) is 17.5 Å². The van der Waals surface area contributed by atoms with Gasteiger partial charge < -0.3 is 4.74 Å². The second-order valence-corrected chi connectivity index (χ2v) is 3.79. The summed E-state index contributed by atoms with van der Waals surface area (Å²) in [7, 11) is 0. The third-order valence-electron chi connectivity index (χ3n) is 2.95. The van der Waals surface area contributed by atoms with Crippen LogP contribution in [0.4, 0.5) is 0 Å². The van der Waals surface area contributed by atoms with Gasteiger partial charge in [0.2, 0.25) is 0 Å². The van der Waals surface area contributed by atoms with Crippen LogP contribution >= 0.6 is 0 Å². The molecule has 13 heavy (non-hydrogen) atoms. The van der Waals surface area contributed by atoms with Crippen LogP contribution in [0.25, 0.3) is 0 Å². The van der Waals surface area contributed by atoms with Crippen LogP contribution in [-0.4, -0.2) is 17.7 Å². The maximum Gasteiger partial charge on any atom is 0.113 e. The standard InChI is InChI=1S/C11H13NO/c1-2-4-10-8-12(7-9(10)3-1)11-5-6-13-11/h1-4,11H,5-8H2. The highest BCUT2D eigenvalue weighted by Gasteiger charge is 2.30. The molecule has 3 rings (SSSR count). The van der Waals surface area contributed by atoms with Gasteiger partial charge in [-0.25, -0.2) is 0 Å². The van der Waals surface area contributed by atoms with Crippen LogP contribution in [0.5, 0.6) is 0 Å². The van der Waals surface area contributed by atoms with Gasteiger partial charge in [0.1, 0.15) is 6.23 Å². The molecule has 68 valence electrons. The average molecular weight is 175 g/mol. The Morgan fingerprint density at radius 1 is 1.15 bits per heavy atom. The molecule has 1 aromatic rings. The van der Waals surface area contributed by atoms with Crippen LogP contribution in [0.3, 0.4) is 0 Å². The predicted octanol–water partition coefficient (Wildman–Crippen LogP) is 1.75. The molecule has 0 bridgehead atoms. The minimum absolute atomic E-state index is 0.396. The van der Waals surface area contributed by atoms with Crippen molar-refractivity contribution >= 4 is 0 Å². The average Bonchev–Trinajstić information content (AvgIpc) is 2.43. The molecule has 0 radical (unpaired) electrons. The van der Waals surface area contributed by atoms with Crippen molar-refractivity contribution in [2.45, 2.75) is 25.7 Å². The molecule has 2 heterocycles. The lowest BCUT2D eigenvalue weighted by molar-refractivity contribution is -0.147. The smallest absolute Gasteiger partial charge is 0.113 e. The normalized spacial score (nSPS) is 26.9. The molecule has 0 aliphatic carbocycles. The Morgan fingerprint density at radius 2 is 1.77 bits per heavy atom. The number of hydrogen-bond acceptors (Lipinski definition) is 2. The van der Waals surface area contributed by atoms with Gasteiger partial charge in [0, 0.05) is 19.5 Å². The van der Waals surface area contributed by atoms with Crippen molar-refractivity contribution in [3.8, 4) is 0 Å². The van der Waals surface area contributed by atoms with Gasteiger partial charge in [-0.15, -0.1) is 0 Å². The van der Waals surface area contributed by atoms with Crippen molar-refractivity contribution in [3.63, 3.8) is 0 Å².